The van der Waals surface area contributed by atoms with Gasteiger partial charge in [0.1, 0.15) is 18.4 Å². The van der Waals surface area contributed by atoms with E-state index in [1.54, 1.807) is 23.1 Å². The number of hydrogen-bond acceptors (Lipinski definition) is 4. The highest BCUT2D eigenvalue weighted by Gasteiger charge is 2.04. The summed E-state index contributed by atoms with van der Waals surface area (Å²) in [6, 6.07) is 15.1. The van der Waals surface area contributed by atoms with Gasteiger partial charge in [0.2, 0.25) is 0 Å². The van der Waals surface area contributed by atoms with Gasteiger partial charge in [0.05, 0.1) is 5.69 Å². The van der Waals surface area contributed by atoms with E-state index >= 15 is 0 Å². The molecule has 0 spiro atoms. The minimum Gasteiger partial charge on any atom is -0.484 e. The summed E-state index contributed by atoms with van der Waals surface area (Å²) in [5.41, 5.74) is 1.91. The molecule has 24 heavy (non-hydrogen) atoms. The third-order valence-corrected chi connectivity index (χ3v) is 3.82. The quantitative estimate of drug-likeness (QED) is 0.706. The number of hydrogen-bond donors (Lipinski definition) is 1. The Labute approximate surface area is 147 Å². The molecule has 1 N–H and O–H groups in total. The zero-order valence-electron chi connectivity index (χ0n) is 12.7. The molecule has 0 aliphatic carbocycles. The molecule has 0 radical (unpaired) electrons. The minimum atomic E-state index is -0.168. The van der Waals surface area contributed by atoms with Crippen molar-refractivity contribution in [2.45, 2.75) is 6.54 Å². The third kappa shape index (κ3) is 4.42. The Morgan fingerprint density at radius 3 is 2.54 bits per heavy atom. The van der Waals surface area contributed by atoms with E-state index in [0.29, 0.717) is 12.3 Å². The first-order chi connectivity index (χ1) is 11.7. The molecule has 3 rings (SSSR count). The van der Waals surface area contributed by atoms with Gasteiger partial charge in [0.25, 0.3) is 5.91 Å². The molecule has 2 aromatic carbocycles. The van der Waals surface area contributed by atoms with Crippen LogP contribution in [0.25, 0.3) is 5.69 Å². The predicted molar refractivity (Wildman–Crippen MR) is 92.8 cm³/mol. The fourth-order valence-corrected chi connectivity index (χ4v) is 2.30. The van der Waals surface area contributed by atoms with E-state index in [1.165, 1.54) is 6.33 Å². The van der Waals surface area contributed by atoms with Gasteiger partial charge in [-0.15, -0.1) is 0 Å². The Kier molecular flexibility index (Phi) is 5.22. The third-order valence-electron chi connectivity index (χ3n) is 3.29. The smallest absolute Gasteiger partial charge is 0.258 e. The van der Waals surface area contributed by atoms with Gasteiger partial charge < -0.3 is 10.1 Å². The van der Waals surface area contributed by atoms with Crippen molar-refractivity contribution in [1.29, 1.82) is 0 Å². The summed E-state index contributed by atoms with van der Waals surface area (Å²) in [5.74, 6) is 0.490. The van der Waals surface area contributed by atoms with Gasteiger partial charge in [-0.3, -0.25) is 4.79 Å². The summed E-state index contributed by atoms with van der Waals surface area (Å²) in [5, 5.41) is 6.89. The Hall–Kier alpha value is -2.67. The number of ether oxygens (including phenoxy) is 1. The van der Waals surface area contributed by atoms with E-state index in [1.807, 2.05) is 36.4 Å². The Morgan fingerprint density at radius 2 is 1.88 bits per heavy atom. The van der Waals surface area contributed by atoms with Crippen molar-refractivity contribution in [3.63, 3.8) is 0 Å². The number of halogens is 1. The maximum Gasteiger partial charge on any atom is 0.258 e. The first-order valence-corrected chi connectivity index (χ1v) is 8.09. The van der Waals surface area contributed by atoms with Crippen molar-refractivity contribution in [2.75, 3.05) is 6.61 Å². The number of nitrogens with one attached hydrogen (secondary N) is 1. The number of carbonyl (C=O) groups excluding carboxylic acids is 1. The van der Waals surface area contributed by atoms with Crippen LogP contribution in [-0.2, 0) is 11.3 Å². The molecule has 0 aliphatic heterocycles. The van der Waals surface area contributed by atoms with Gasteiger partial charge in [0, 0.05) is 11.0 Å². The maximum atomic E-state index is 11.8. The lowest BCUT2D eigenvalue weighted by molar-refractivity contribution is -0.123. The molecular formula is C17H15BrN4O2. The van der Waals surface area contributed by atoms with Crippen molar-refractivity contribution in [3.05, 3.63) is 71.2 Å². The van der Waals surface area contributed by atoms with Crippen LogP contribution in [0.15, 0.2) is 65.7 Å². The predicted octanol–water partition coefficient (Wildman–Crippen LogP) is 2.73. The first-order valence-electron chi connectivity index (χ1n) is 7.30. The van der Waals surface area contributed by atoms with Crippen LogP contribution < -0.4 is 10.1 Å². The SMILES string of the molecule is O=C(COc1ccc(Br)cc1)NCc1ccc(-n2cncn2)cc1. The lowest BCUT2D eigenvalue weighted by Gasteiger charge is -2.08. The molecule has 0 bridgehead atoms. The highest BCUT2D eigenvalue weighted by Crippen LogP contribution is 2.15. The highest BCUT2D eigenvalue weighted by molar-refractivity contribution is 9.10. The van der Waals surface area contributed by atoms with Crippen LogP contribution in [0.2, 0.25) is 0 Å². The fraction of sp³-hybridized carbons (Fsp3) is 0.118. The van der Waals surface area contributed by atoms with Crippen molar-refractivity contribution >= 4 is 21.8 Å². The molecule has 0 saturated heterocycles. The number of aromatic nitrogens is 3. The second-order valence-electron chi connectivity index (χ2n) is 5.03. The summed E-state index contributed by atoms with van der Waals surface area (Å²) in [4.78, 5) is 15.8. The molecule has 0 aliphatic rings. The van der Waals surface area contributed by atoms with Crippen LogP contribution in [0.1, 0.15) is 5.56 Å². The van der Waals surface area contributed by atoms with Gasteiger partial charge in [-0.05, 0) is 42.0 Å². The molecule has 0 atom stereocenters. The van der Waals surface area contributed by atoms with E-state index in [-0.39, 0.29) is 12.5 Å². The summed E-state index contributed by atoms with van der Waals surface area (Å²) in [6.07, 6.45) is 3.12. The standard InChI is InChI=1S/C17H15BrN4O2/c18-14-3-7-16(8-4-14)24-10-17(23)20-9-13-1-5-15(6-2-13)22-12-19-11-21-22/h1-8,11-12H,9-10H2,(H,20,23). The van der Waals surface area contributed by atoms with Crippen molar-refractivity contribution in [2.24, 2.45) is 0 Å². The monoisotopic (exact) mass is 386 g/mol. The maximum absolute atomic E-state index is 11.8. The first kappa shape index (κ1) is 16.2. The van der Waals surface area contributed by atoms with Crippen LogP contribution >= 0.6 is 15.9 Å². The molecule has 0 unspecified atom stereocenters. The highest BCUT2D eigenvalue weighted by atomic mass is 79.9. The zero-order chi connectivity index (χ0) is 16.8. The van der Waals surface area contributed by atoms with E-state index in [4.69, 9.17) is 4.74 Å². The number of amides is 1. The van der Waals surface area contributed by atoms with Gasteiger partial charge in [0.15, 0.2) is 6.61 Å². The average Bonchev–Trinajstić information content (AvgIpc) is 3.14. The largest absolute Gasteiger partial charge is 0.484 e. The molecule has 0 saturated carbocycles. The van der Waals surface area contributed by atoms with E-state index in [0.717, 1.165) is 15.7 Å². The van der Waals surface area contributed by atoms with Crippen LogP contribution in [0.3, 0.4) is 0 Å². The van der Waals surface area contributed by atoms with Crippen LogP contribution in [-0.4, -0.2) is 27.3 Å². The van der Waals surface area contributed by atoms with Gasteiger partial charge in [-0.25, -0.2) is 9.67 Å². The van der Waals surface area contributed by atoms with E-state index in [9.17, 15) is 4.79 Å². The molecule has 0 fully saturated rings. The Bertz CT molecular complexity index is 786. The Morgan fingerprint density at radius 1 is 1.12 bits per heavy atom. The second kappa shape index (κ2) is 7.74. The fourth-order valence-electron chi connectivity index (χ4n) is 2.04. The minimum absolute atomic E-state index is 0.0152. The summed E-state index contributed by atoms with van der Waals surface area (Å²) in [7, 11) is 0. The normalized spacial score (nSPS) is 10.4. The van der Waals surface area contributed by atoms with Crippen molar-refractivity contribution in [1.82, 2.24) is 20.1 Å². The number of rotatable bonds is 6. The zero-order valence-corrected chi connectivity index (χ0v) is 14.3. The molecule has 3 aromatic rings. The van der Waals surface area contributed by atoms with Crippen LogP contribution in [0, 0.1) is 0 Å². The number of nitrogens with zero attached hydrogens (tertiary/aromatic N) is 3. The molecule has 1 heterocycles. The molecule has 6 nitrogen and oxygen atoms in total. The average molecular weight is 387 g/mol. The summed E-state index contributed by atoms with van der Waals surface area (Å²) < 4.78 is 8.07. The molecule has 1 amide bonds. The van der Waals surface area contributed by atoms with Gasteiger partial charge in [-0.2, -0.15) is 5.10 Å². The summed E-state index contributed by atoms with van der Waals surface area (Å²) in [6.45, 7) is 0.429. The molecule has 122 valence electrons. The number of carbonyl (C=O) groups is 1. The lowest BCUT2D eigenvalue weighted by Crippen LogP contribution is -2.28. The molecule has 1 aromatic heterocycles. The second-order valence-corrected chi connectivity index (χ2v) is 5.94. The molecule has 7 heteroatoms. The van der Waals surface area contributed by atoms with Crippen LogP contribution in [0.5, 0.6) is 5.75 Å². The molecular weight excluding hydrogens is 372 g/mol. The van der Waals surface area contributed by atoms with Crippen LogP contribution in [0.4, 0.5) is 0 Å². The lowest BCUT2D eigenvalue weighted by atomic mass is 10.2. The number of benzene rings is 2. The van der Waals surface area contributed by atoms with Crippen molar-refractivity contribution in [3.8, 4) is 11.4 Å². The van der Waals surface area contributed by atoms with E-state index < -0.39 is 0 Å². The summed E-state index contributed by atoms with van der Waals surface area (Å²) >= 11 is 3.35. The van der Waals surface area contributed by atoms with Crippen molar-refractivity contribution < 1.29 is 9.53 Å². The topological polar surface area (TPSA) is 69.0 Å². The Balaban J connectivity index is 1.46. The van der Waals surface area contributed by atoms with Gasteiger partial charge in [-0.1, -0.05) is 28.1 Å². The van der Waals surface area contributed by atoms with Gasteiger partial charge >= 0.3 is 0 Å². The van der Waals surface area contributed by atoms with E-state index in [2.05, 4.69) is 31.3 Å².